The van der Waals surface area contributed by atoms with E-state index in [9.17, 15) is 4.79 Å². The lowest BCUT2D eigenvalue weighted by atomic mass is 10.3. The molecule has 0 fully saturated rings. The van der Waals surface area contributed by atoms with Crippen LogP contribution in [-0.4, -0.2) is 33.0 Å². The van der Waals surface area contributed by atoms with Crippen molar-refractivity contribution in [3.63, 3.8) is 0 Å². The van der Waals surface area contributed by atoms with Gasteiger partial charge in [0, 0.05) is 23.0 Å². The molecule has 0 aliphatic heterocycles. The Labute approximate surface area is 96.3 Å². The van der Waals surface area contributed by atoms with Crippen molar-refractivity contribution in [3.05, 3.63) is 29.7 Å². The Morgan fingerprint density at radius 1 is 1.50 bits per heavy atom. The molecule has 82 valence electrons. The minimum atomic E-state index is -2.55. The monoisotopic (exact) mass is 220 g/mol. The van der Waals surface area contributed by atoms with Crippen LogP contribution in [0.2, 0.25) is 0 Å². The Kier molecular flexibility index (Phi) is 1.82. The minimum absolute atomic E-state index is 0.0665. The molecule has 0 aliphatic rings. The zero-order chi connectivity index (χ0) is 14.0. The first-order valence-corrected chi connectivity index (χ1v) is 4.53. The van der Waals surface area contributed by atoms with E-state index in [1.54, 1.807) is 12.3 Å². The highest BCUT2D eigenvalue weighted by Gasteiger charge is 2.08. The van der Waals surface area contributed by atoms with E-state index in [1.165, 1.54) is 6.07 Å². The molecule has 1 amide bonds. The summed E-state index contributed by atoms with van der Waals surface area (Å²) in [5.41, 5.74) is 1.28. The smallest absolute Gasteiger partial charge is 0.271 e. The van der Waals surface area contributed by atoms with E-state index in [0.29, 0.717) is 11.5 Å². The number of hydrogen-bond acceptors (Lipinski definition) is 4. The topological polar surface area (TPSA) is 83.6 Å². The molecule has 0 saturated carbocycles. The number of carbonyl (C=O) groups is 1. The standard InChI is InChI=1S/C10H11N5O/c1-6-5-12-9(13-6)7-3-4-8(15-14-7)10(16)11-2/h3-5H,1-2H3,(H,11,16)(H,12,13)/i2D3. The number of aryl methyl sites for hydroxylation is 1. The number of nitrogens with one attached hydrogen (secondary N) is 2. The van der Waals surface area contributed by atoms with E-state index in [1.807, 2.05) is 12.2 Å². The van der Waals surface area contributed by atoms with Crippen molar-refractivity contribution >= 4 is 5.91 Å². The van der Waals surface area contributed by atoms with Crippen LogP contribution >= 0.6 is 0 Å². The minimum Gasteiger partial charge on any atom is -0.354 e. The molecule has 2 N–H and O–H groups in total. The fourth-order valence-electron chi connectivity index (χ4n) is 1.19. The first-order chi connectivity index (χ1) is 8.85. The van der Waals surface area contributed by atoms with Gasteiger partial charge in [-0.3, -0.25) is 4.79 Å². The molecule has 0 atom stereocenters. The van der Waals surface area contributed by atoms with Crippen molar-refractivity contribution in [2.45, 2.75) is 6.92 Å². The summed E-state index contributed by atoms with van der Waals surface area (Å²) in [6.45, 7) is -0.697. The van der Waals surface area contributed by atoms with Crippen LogP contribution in [0.15, 0.2) is 18.3 Å². The number of carbonyl (C=O) groups excluding carboxylic acids is 1. The van der Waals surface area contributed by atoms with Gasteiger partial charge in [0.2, 0.25) is 0 Å². The highest BCUT2D eigenvalue weighted by Crippen LogP contribution is 2.11. The predicted molar refractivity (Wildman–Crippen MR) is 57.7 cm³/mol. The van der Waals surface area contributed by atoms with Gasteiger partial charge in [-0.15, -0.1) is 10.2 Å². The number of nitrogens with zero attached hydrogens (tertiary/aromatic N) is 3. The third kappa shape index (κ3) is 1.90. The summed E-state index contributed by atoms with van der Waals surface area (Å²) < 4.78 is 20.8. The molecule has 0 saturated heterocycles. The van der Waals surface area contributed by atoms with E-state index >= 15 is 0 Å². The molecule has 2 rings (SSSR count). The second-order valence-corrected chi connectivity index (χ2v) is 3.17. The summed E-state index contributed by atoms with van der Waals surface area (Å²) in [6, 6.07) is 2.93. The third-order valence-corrected chi connectivity index (χ3v) is 1.96. The lowest BCUT2D eigenvalue weighted by Gasteiger charge is -1.98. The van der Waals surface area contributed by atoms with E-state index in [4.69, 9.17) is 4.11 Å². The molecule has 2 heterocycles. The number of hydrogen-bond donors (Lipinski definition) is 2. The van der Waals surface area contributed by atoms with Gasteiger partial charge in [0.25, 0.3) is 5.91 Å². The zero-order valence-electron chi connectivity index (χ0n) is 11.5. The number of amides is 1. The molecule has 0 aliphatic carbocycles. The first-order valence-electron chi connectivity index (χ1n) is 6.03. The number of imidazole rings is 1. The van der Waals surface area contributed by atoms with Crippen LogP contribution in [0.5, 0.6) is 0 Å². The normalized spacial score (nSPS) is 13.7. The van der Waals surface area contributed by atoms with Crippen molar-refractivity contribution in [2.24, 2.45) is 0 Å². The summed E-state index contributed by atoms with van der Waals surface area (Å²) in [7, 11) is 0. The summed E-state index contributed by atoms with van der Waals surface area (Å²) >= 11 is 0. The summed E-state index contributed by atoms with van der Waals surface area (Å²) in [5.74, 6) is -0.262. The van der Waals surface area contributed by atoms with E-state index in [2.05, 4.69) is 20.2 Å². The molecule has 0 aromatic carbocycles. The van der Waals surface area contributed by atoms with Gasteiger partial charge in [-0.25, -0.2) is 4.98 Å². The lowest BCUT2D eigenvalue weighted by Crippen LogP contribution is -2.19. The SMILES string of the molecule is [2H]C([2H])([2H])NC(=O)c1ccc(-c2ncc(C)[nH]2)nn1. The van der Waals surface area contributed by atoms with Crippen molar-refractivity contribution in [3.8, 4) is 11.5 Å². The highest BCUT2D eigenvalue weighted by molar-refractivity contribution is 5.91. The Morgan fingerprint density at radius 3 is 2.94 bits per heavy atom. The Hall–Kier alpha value is -2.24. The van der Waals surface area contributed by atoms with Gasteiger partial charge >= 0.3 is 0 Å². The van der Waals surface area contributed by atoms with E-state index in [0.717, 1.165) is 5.69 Å². The lowest BCUT2D eigenvalue weighted by molar-refractivity contribution is 0.0957. The summed E-state index contributed by atoms with van der Waals surface area (Å²) in [4.78, 5) is 18.6. The predicted octanol–water partition coefficient (Wildman–Crippen LogP) is 0.535. The fraction of sp³-hybridized carbons (Fsp3) is 0.200. The molecular formula is C10H11N5O. The van der Waals surface area contributed by atoms with E-state index in [-0.39, 0.29) is 5.69 Å². The third-order valence-electron chi connectivity index (χ3n) is 1.96. The van der Waals surface area contributed by atoms with Crippen LogP contribution in [0.3, 0.4) is 0 Å². The zero-order valence-corrected chi connectivity index (χ0v) is 8.48. The molecule has 0 unspecified atom stereocenters. The van der Waals surface area contributed by atoms with E-state index < -0.39 is 12.9 Å². The Bertz CT molecular complexity index is 590. The molecule has 6 heteroatoms. The van der Waals surface area contributed by atoms with Gasteiger partial charge < -0.3 is 10.3 Å². The van der Waals surface area contributed by atoms with Crippen molar-refractivity contribution in [1.29, 1.82) is 0 Å². The molecular weight excluding hydrogens is 206 g/mol. The van der Waals surface area contributed by atoms with Gasteiger partial charge in [-0.2, -0.15) is 0 Å². The van der Waals surface area contributed by atoms with Gasteiger partial charge in [-0.05, 0) is 19.1 Å². The van der Waals surface area contributed by atoms with Gasteiger partial charge in [0.05, 0.1) is 0 Å². The molecule has 2 aromatic rings. The molecule has 0 spiro atoms. The molecule has 16 heavy (non-hydrogen) atoms. The van der Waals surface area contributed by atoms with Crippen molar-refractivity contribution < 1.29 is 8.91 Å². The average molecular weight is 220 g/mol. The Morgan fingerprint density at radius 2 is 2.38 bits per heavy atom. The summed E-state index contributed by atoms with van der Waals surface area (Å²) in [6.07, 6.45) is 1.65. The number of aromatic amines is 1. The molecule has 0 bridgehead atoms. The second kappa shape index (κ2) is 4.09. The highest BCUT2D eigenvalue weighted by atomic mass is 16.1. The van der Waals surface area contributed by atoms with Crippen molar-refractivity contribution in [1.82, 2.24) is 25.5 Å². The number of H-pyrrole nitrogens is 1. The Balaban J connectivity index is 2.17. The van der Waals surface area contributed by atoms with Crippen LogP contribution in [0, 0.1) is 6.92 Å². The maximum absolute atomic E-state index is 11.5. The number of rotatable bonds is 2. The van der Waals surface area contributed by atoms with Gasteiger partial charge in [-0.1, -0.05) is 0 Å². The van der Waals surface area contributed by atoms with Crippen LogP contribution in [0.25, 0.3) is 11.5 Å². The quantitative estimate of drug-likeness (QED) is 0.773. The molecule has 0 radical (unpaired) electrons. The second-order valence-electron chi connectivity index (χ2n) is 3.17. The molecule has 6 nitrogen and oxygen atoms in total. The van der Waals surface area contributed by atoms with Crippen LogP contribution in [-0.2, 0) is 0 Å². The van der Waals surface area contributed by atoms with Crippen molar-refractivity contribution in [2.75, 3.05) is 6.98 Å². The first kappa shape index (κ1) is 7.10. The maximum Gasteiger partial charge on any atom is 0.271 e. The summed E-state index contributed by atoms with van der Waals surface area (Å²) in [5, 5.41) is 9.34. The van der Waals surface area contributed by atoms with Gasteiger partial charge in [0.15, 0.2) is 11.5 Å². The van der Waals surface area contributed by atoms with Crippen LogP contribution in [0.1, 0.15) is 20.3 Å². The fourth-order valence-corrected chi connectivity index (χ4v) is 1.19. The average Bonchev–Trinajstić information content (AvgIpc) is 2.74. The largest absolute Gasteiger partial charge is 0.354 e. The molecule has 2 aromatic heterocycles. The van der Waals surface area contributed by atoms with Crippen LogP contribution < -0.4 is 5.32 Å². The maximum atomic E-state index is 11.5. The van der Waals surface area contributed by atoms with Crippen LogP contribution in [0.4, 0.5) is 0 Å². The number of aromatic nitrogens is 4. The van der Waals surface area contributed by atoms with Gasteiger partial charge in [0.1, 0.15) is 5.69 Å².